The molecule has 2 aromatic carbocycles. The molecule has 0 heterocycles. The summed E-state index contributed by atoms with van der Waals surface area (Å²) in [6, 6.07) is 12.4. The van der Waals surface area contributed by atoms with Crippen LogP contribution in [0.5, 0.6) is 11.5 Å². The van der Waals surface area contributed by atoms with Crippen LogP contribution in [-0.4, -0.2) is 32.2 Å². The van der Waals surface area contributed by atoms with E-state index in [4.69, 9.17) is 14.2 Å². The van der Waals surface area contributed by atoms with E-state index in [1.165, 1.54) is 21.1 Å². The molecule has 0 aromatic heterocycles. The number of carbonyl (C=O) groups is 2. The van der Waals surface area contributed by atoms with Crippen molar-refractivity contribution in [2.75, 3.05) is 19.5 Å². The summed E-state index contributed by atoms with van der Waals surface area (Å²) >= 11 is 0. The molecule has 0 fully saturated rings. The first-order chi connectivity index (χ1) is 13.4. The van der Waals surface area contributed by atoms with Crippen molar-refractivity contribution in [3.63, 3.8) is 0 Å². The first-order valence-corrected chi connectivity index (χ1v) is 9.24. The van der Waals surface area contributed by atoms with Gasteiger partial charge in [-0.1, -0.05) is 32.0 Å². The average molecular weight is 385 g/mol. The van der Waals surface area contributed by atoms with Crippen molar-refractivity contribution < 1.29 is 23.8 Å². The van der Waals surface area contributed by atoms with Crippen molar-refractivity contribution in [3.05, 3.63) is 53.6 Å². The van der Waals surface area contributed by atoms with Crippen molar-refractivity contribution in [1.82, 2.24) is 0 Å². The summed E-state index contributed by atoms with van der Waals surface area (Å²) in [4.78, 5) is 25.0. The zero-order valence-corrected chi connectivity index (χ0v) is 16.9. The molecular weight excluding hydrogens is 358 g/mol. The molecule has 6 nitrogen and oxygen atoms in total. The maximum atomic E-state index is 12.6. The van der Waals surface area contributed by atoms with Crippen LogP contribution >= 0.6 is 0 Å². The van der Waals surface area contributed by atoms with Gasteiger partial charge in [-0.2, -0.15) is 0 Å². The fourth-order valence-electron chi connectivity index (χ4n) is 2.74. The first kappa shape index (κ1) is 21.3. The van der Waals surface area contributed by atoms with Gasteiger partial charge in [0.05, 0.1) is 14.2 Å². The number of rotatable bonds is 8. The Balaban J connectivity index is 2.10. The number of esters is 1. The second-order valence-corrected chi connectivity index (χ2v) is 6.50. The molecule has 0 bridgehead atoms. The Morgan fingerprint density at radius 3 is 2.39 bits per heavy atom. The van der Waals surface area contributed by atoms with Crippen molar-refractivity contribution in [2.24, 2.45) is 0 Å². The lowest BCUT2D eigenvalue weighted by Gasteiger charge is -2.18. The molecule has 28 heavy (non-hydrogen) atoms. The van der Waals surface area contributed by atoms with Gasteiger partial charge in [-0.15, -0.1) is 0 Å². The molecule has 1 N–H and O–H groups in total. The maximum absolute atomic E-state index is 12.6. The molecule has 150 valence electrons. The van der Waals surface area contributed by atoms with E-state index in [0.717, 1.165) is 17.7 Å². The minimum absolute atomic E-state index is 0.225. The molecule has 0 spiro atoms. The Kier molecular flexibility index (Phi) is 7.44. The Bertz CT molecular complexity index is 833. The van der Waals surface area contributed by atoms with Crippen molar-refractivity contribution in [3.8, 4) is 11.5 Å². The second-order valence-electron chi connectivity index (χ2n) is 6.50. The summed E-state index contributed by atoms with van der Waals surface area (Å²) in [5.41, 5.74) is 2.00. The van der Waals surface area contributed by atoms with E-state index >= 15 is 0 Å². The van der Waals surface area contributed by atoms with E-state index in [2.05, 4.69) is 19.2 Å². The number of hydrogen-bond acceptors (Lipinski definition) is 5. The van der Waals surface area contributed by atoms with Gasteiger partial charge in [0.15, 0.2) is 6.10 Å². The molecule has 0 saturated heterocycles. The summed E-state index contributed by atoms with van der Waals surface area (Å²) < 4.78 is 15.7. The number of para-hydroxylation sites is 1. The number of benzene rings is 2. The van der Waals surface area contributed by atoms with E-state index in [9.17, 15) is 9.59 Å². The fourth-order valence-corrected chi connectivity index (χ4v) is 2.74. The Morgan fingerprint density at radius 1 is 1.04 bits per heavy atom. The number of anilines is 1. The zero-order valence-electron chi connectivity index (χ0n) is 16.9. The topological polar surface area (TPSA) is 73.9 Å². The number of nitrogens with one attached hydrogen (secondary N) is 1. The number of carbonyl (C=O) groups excluding carboxylic acids is 2. The lowest BCUT2D eigenvalue weighted by molar-refractivity contribution is -0.123. The van der Waals surface area contributed by atoms with E-state index < -0.39 is 18.0 Å². The van der Waals surface area contributed by atoms with Gasteiger partial charge >= 0.3 is 5.97 Å². The van der Waals surface area contributed by atoms with E-state index in [1.54, 1.807) is 18.2 Å². The highest BCUT2D eigenvalue weighted by atomic mass is 16.5. The number of hydrogen-bond donors (Lipinski definition) is 1. The summed E-state index contributed by atoms with van der Waals surface area (Å²) in [5.74, 6) is 0.145. The summed E-state index contributed by atoms with van der Waals surface area (Å²) in [6.07, 6.45) is -0.0152. The van der Waals surface area contributed by atoms with Crippen LogP contribution in [0.1, 0.15) is 49.0 Å². The quantitative estimate of drug-likeness (QED) is 0.682. The highest BCUT2D eigenvalue weighted by Crippen LogP contribution is 2.27. The number of ether oxygens (including phenoxy) is 3. The van der Waals surface area contributed by atoms with Crippen LogP contribution in [0.15, 0.2) is 42.5 Å². The van der Waals surface area contributed by atoms with Crippen LogP contribution in [0.25, 0.3) is 0 Å². The van der Waals surface area contributed by atoms with Crippen molar-refractivity contribution in [2.45, 2.75) is 39.2 Å². The van der Waals surface area contributed by atoms with Gasteiger partial charge in [-0.25, -0.2) is 4.79 Å². The predicted molar refractivity (Wildman–Crippen MR) is 108 cm³/mol. The molecular formula is C22H27NO5. The standard InChI is InChI=1S/C22H27NO5/c1-6-14(2)17-9-7-8-10-19(17)23-21(24)15(3)28-22(25)18-12-11-16(26-4)13-20(18)27-5/h7-15H,6H2,1-5H3,(H,23,24)/t14-,15+/m1/s1. The Labute approximate surface area is 165 Å². The third-order valence-electron chi connectivity index (χ3n) is 4.64. The predicted octanol–water partition coefficient (Wildman–Crippen LogP) is 4.40. The van der Waals surface area contributed by atoms with Crippen LogP contribution in [-0.2, 0) is 9.53 Å². The lowest BCUT2D eigenvalue weighted by Crippen LogP contribution is -2.30. The monoisotopic (exact) mass is 385 g/mol. The minimum atomic E-state index is -0.968. The van der Waals surface area contributed by atoms with Gasteiger partial charge in [0, 0.05) is 11.8 Å². The molecule has 0 radical (unpaired) electrons. The third kappa shape index (κ3) is 5.03. The average Bonchev–Trinajstić information content (AvgIpc) is 2.72. The van der Waals surface area contributed by atoms with Crippen LogP contribution in [0.2, 0.25) is 0 Å². The molecule has 0 aliphatic heterocycles. The third-order valence-corrected chi connectivity index (χ3v) is 4.64. The maximum Gasteiger partial charge on any atom is 0.342 e. The van der Waals surface area contributed by atoms with Gasteiger partial charge in [-0.3, -0.25) is 4.79 Å². The number of amides is 1. The normalized spacial score (nSPS) is 12.6. The second kappa shape index (κ2) is 9.78. The minimum Gasteiger partial charge on any atom is -0.497 e. The molecule has 6 heteroatoms. The van der Waals surface area contributed by atoms with Crippen molar-refractivity contribution in [1.29, 1.82) is 0 Å². The molecule has 2 rings (SSSR count). The molecule has 0 unspecified atom stereocenters. The van der Waals surface area contributed by atoms with Crippen molar-refractivity contribution >= 4 is 17.6 Å². The first-order valence-electron chi connectivity index (χ1n) is 9.24. The van der Waals surface area contributed by atoms with Crippen LogP contribution in [0.3, 0.4) is 0 Å². The Morgan fingerprint density at radius 2 is 1.75 bits per heavy atom. The van der Waals surface area contributed by atoms with E-state index in [-0.39, 0.29) is 5.56 Å². The van der Waals surface area contributed by atoms with Crippen LogP contribution in [0, 0.1) is 0 Å². The molecule has 1 amide bonds. The lowest BCUT2D eigenvalue weighted by atomic mass is 9.97. The summed E-state index contributed by atoms with van der Waals surface area (Å²) in [6.45, 7) is 5.73. The van der Waals surface area contributed by atoms with E-state index in [0.29, 0.717) is 17.4 Å². The van der Waals surface area contributed by atoms with Gasteiger partial charge in [0.1, 0.15) is 17.1 Å². The largest absolute Gasteiger partial charge is 0.497 e. The van der Waals surface area contributed by atoms with Gasteiger partial charge in [0.25, 0.3) is 5.91 Å². The zero-order chi connectivity index (χ0) is 20.7. The molecule has 0 saturated carbocycles. The van der Waals surface area contributed by atoms with E-state index in [1.807, 2.05) is 24.3 Å². The molecule has 2 aromatic rings. The van der Waals surface area contributed by atoms with Crippen LogP contribution < -0.4 is 14.8 Å². The highest BCUT2D eigenvalue weighted by molar-refractivity contribution is 5.98. The molecule has 0 aliphatic carbocycles. The molecule has 2 atom stereocenters. The smallest absolute Gasteiger partial charge is 0.342 e. The molecule has 0 aliphatic rings. The van der Waals surface area contributed by atoms with Gasteiger partial charge in [-0.05, 0) is 43.0 Å². The summed E-state index contributed by atoms with van der Waals surface area (Å²) in [7, 11) is 2.98. The summed E-state index contributed by atoms with van der Waals surface area (Å²) in [5, 5.41) is 2.86. The Hall–Kier alpha value is -3.02. The number of methoxy groups -OCH3 is 2. The van der Waals surface area contributed by atoms with Crippen LogP contribution in [0.4, 0.5) is 5.69 Å². The highest BCUT2D eigenvalue weighted by Gasteiger charge is 2.23. The fraction of sp³-hybridized carbons (Fsp3) is 0.364. The van der Waals surface area contributed by atoms with Gasteiger partial charge in [0.2, 0.25) is 0 Å². The van der Waals surface area contributed by atoms with Gasteiger partial charge < -0.3 is 19.5 Å². The SMILES string of the molecule is CC[C@@H](C)c1ccccc1NC(=O)[C@H](C)OC(=O)c1ccc(OC)cc1OC.